The van der Waals surface area contributed by atoms with Crippen molar-refractivity contribution in [1.82, 2.24) is 4.90 Å². The number of likely N-dealkylation sites (tertiary alicyclic amines) is 1. The maximum absolute atomic E-state index is 12.9. The number of hydrogen-bond acceptors (Lipinski definition) is 2. The quantitative estimate of drug-likeness (QED) is 0.821. The van der Waals surface area contributed by atoms with E-state index in [1.165, 1.54) is 0 Å². The van der Waals surface area contributed by atoms with Crippen molar-refractivity contribution >= 4 is 27.6 Å². The van der Waals surface area contributed by atoms with E-state index in [-0.39, 0.29) is 17.7 Å². The lowest BCUT2D eigenvalue weighted by Crippen LogP contribution is -2.41. The van der Waals surface area contributed by atoms with E-state index >= 15 is 0 Å². The molecule has 2 rings (SSSR count). The maximum atomic E-state index is 12.9. The van der Waals surface area contributed by atoms with E-state index in [1.807, 2.05) is 30.0 Å². The third-order valence-electron chi connectivity index (χ3n) is 4.08. The molecule has 0 bridgehead atoms. The largest absolute Gasteiger partial charge is 0.335 e. The third-order valence-corrected chi connectivity index (χ3v) is 5.14. The number of hydrogen-bond donors (Lipinski definition) is 0. The molecule has 1 heterocycles. The standard InChI is InChI=1S/C17H22BrNO2/c1-12-7-6-9-15(16(12)18)17(21)19-10-5-3-4-8-14(19)11-13(2)20/h6-7,9,14H,3-5,8,10-11H2,1-2H3. The number of nitrogens with zero attached hydrogens (tertiary/aromatic N) is 1. The van der Waals surface area contributed by atoms with Gasteiger partial charge < -0.3 is 4.90 Å². The van der Waals surface area contributed by atoms with Crippen molar-refractivity contribution in [3.63, 3.8) is 0 Å². The highest BCUT2D eigenvalue weighted by Crippen LogP contribution is 2.26. The first kappa shape index (κ1) is 16.2. The van der Waals surface area contributed by atoms with Crippen molar-refractivity contribution in [1.29, 1.82) is 0 Å². The van der Waals surface area contributed by atoms with Gasteiger partial charge in [-0.15, -0.1) is 0 Å². The molecule has 4 heteroatoms. The number of amides is 1. The second-order valence-electron chi connectivity index (χ2n) is 5.84. The van der Waals surface area contributed by atoms with E-state index in [2.05, 4.69) is 15.9 Å². The second kappa shape index (κ2) is 7.21. The monoisotopic (exact) mass is 351 g/mol. The van der Waals surface area contributed by atoms with Crippen LogP contribution in [0, 0.1) is 6.92 Å². The molecule has 1 fully saturated rings. The minimum atomic E-state index is 0.0405. The van der Waals surface area contributed by atoms with Crippen LogP contribution in [0.2, 0.25) is 0 Å². The van der Waals surface area contributed by atoms with Gasteiger partial charge in [-0.1, -0.05) is 25.0 Å². The molecule has 1 aliphatic rings. The zero-order chi connectivity index (χ0) is 15.4. The van der Waals surface area contributed by atoms with E-state index in [4.69, 9.17) is 0 Å². The molecule has 0 saturated carbocycles. The first-order valence-electron chi connectivity index (χ1n) is 7.56. The molecule has 1 unspecified atom stereocenters. The Morgan fingerprint density at radius 1 is 1.29 bits per heavy atom. The summed E-state index contributed by atoms with van der Waals surface area (Å²) in [5, 5.41) is 0. The summed E-state index contributed by atoms with van der Waals surface area (Å²) in [5.41, 5.74) is 1.75. The number of aryl methyl sites for hydroxylation is 1. The molecule has 1 aromatic carbocycles. The Labute approximate surface area is 134 Å². The number of carbonyl (C=O) groups is 2. The van der Waals surface area contributed by atoms with Gasteiger partial charge in [0.1, 0.15) is 5.78 Å². The van der Waals surface area contributed by atoms with Gasteiger partial charge in [-0.25, -0.2) is 0 Å². The summed E-state index contributed by atoms with van der Waals surface area (Å²) in [6.07, 6.45) is 4.64. The second-order valence-corrected chi connectivity index (χ2v) is 6.64. The first-order valence-corrected chi connectivity index (χ1v) is 8.35. The predicted molar refractivity (Wildman–Crippen MR) is 87.5 cm³/mol. The molecule has 114 valence electrons. The number of carbonyl (C=O) groups excluding carboxylic acids is 2. The van der Waals surface area contributed by atoms with E-state index < -0.39 is 0 Å². The lowest BCUT2D eigenvalue weighted by atomic mass is 10.0. The normalized spacial score (nSPS) is 19.2. The van der Waals surface area contributed by atoms with Crippen LogP contribution in [0.3, 0.4) is 0 Å². The zero-order valence-electron chi connectivity index (χ0n) is 12.7. The van der Waals surface area contributed by atoms with Gasteiger partial charge in [0.05, 0.1) is 5.56 Å². The van der Waals surface area contributed by atoms with Crippen LogP contribution in [0.4, 0.5) is 0 Å². The SMILES string of the molecule is CC(=O)CC1CCCCCN1C(=O)c1cccc(C)c1Br. The Hall–Kier alpha value is -1.16. The fourth-order valence-electron chi connectivity index (χ4n) is 2.96. The molecule has 21 heavy (non-hydrogen) atoms. The van der Waals surface area contributed by atoms with Crippen molar-refractivity contribution in [2.45, 2.75) is 52.0 Å². The summed E-state index contributed by atoms with van der Waals surface area (Å²) in [6.45, 7) is 4.34. The van der Waals surface area contributed by atoms with Gasteiger partial charge in [0.25, 0.3) is 5.91 Å². The lowest BCUT2D eigenvalue weighted by molar-refractivity contribution is -0.118. The fraction of sp³-hybridized carbons (Fsp3) is 0.529. The highest BCUT2D eigenvalue weighted by Gasteiger charge is 2.28. The van der Waals surface area contributed by atoms with E-state index in [9.17, 15) is 9.59 Å². The van der Waals surface area contributed by atoms with Gasteiger partial charge >= 0.3 is 0 Å². The van der Waals surface area contributed by atoms with E-state index in [1.54, 1.807) is 6.92 Å². The summed E-state index contributed by atoms with van der Waals surface area (Å²) < 4.78 is 0.862. The van der Waals surface area contributed by atoms with Gasteiger partial charge in [0.2, 0.25) is 0 Å². The number of ketones is 1. The summed E-state index contributed by atoms with van der Waals surface area (Å²) in [6, 6.07) is 5.79. The summed E-state index contributed by atoms with van der Waals surface area (Å²) in [4.78, 5) is 26.3. The average molecular weight is 352 g/mol. The van der Waals surface area contributed by atoms with Crippen molar-refractivity contribution in [3.05, 3.63) is 33.8 Å². The Bertz CT molecular complexity index is 542. The summed E-state index contributed by atoms with van der Waals surface area (Å²) in [5.74, 6) is 0.196. The molecule has 3 nitrogen and oxygen atoms in total. The topological polar surface area (TPSA) is 37.4 Å². The van der Waals surface area contributed by atoms with Crippen LogP contribution in [0.15, 0.2) is 22.7 Å². The molecule has 0 aliphatic carbocycles. The molecule has 0 spiro atoms. The number of Topliss-reactive ketones (excluding diaryl/α,β-unsaturated/α-hetero) is 1. The number of benzene rings is 1. The van der Waals surface area contributed by atoms with Gasteiger partial charge in [-0.2, -0.15) is 0 Å². The molecular weight excluding hydrogens is 330 g/mol. The Morgan fingerprint density at radius 3 is 2.76 bits per heavy atom. The van der Waals surface area contributed by atoms with Crippen LogP contribution < -0.4 is 0 Å². The zero-order valence-corrected chi connectivity index (χ0v) is 14.3. The van der Waals surface area contributed by atoms with Crippen molar-refractivity contribution in [2.24, 2.45) is 0 Å². The molecule has 1 aliphatic heterocycles. The number of rotatable bonds is 3. The molecule has 0 aromatic heterocycles. The van der Waals surface area contributed by atoms with Crippen LogP contribution in [0.1, 0.15) is 54.9 Å². The molecule has 1 aromatic rings. The lowest BCUT2D eigenvalue weighted by Gasteiger charge is -2.30. The van der Waals surface area contributed by atoms with Crippen molar-refractivity contribution in [3.8, 4) is 0 Å². The molecule has 1 atom stereocenters. The maximum Gasteiger partial charge on any atom is 0.255 e. The van der Waals surface area contributed by atoms with E-state index in [0.717, 1.165) is 42.3 Å². The minimum absolute atomic E-state index is 0.0405. The molecule has 0 radical (unpaired) electrons. The summed E-state index contributed by atoms with van der Waals surface area (Å²) >= 11 is 3.52. The highest BCUT2D eigenvalue weighted by atomic mass is 79.9. The number of halogens is 1. The Balaban J connectivity index is 2.28. The molecule has 1 amide bonds. The van der Waals surface area contributed by atoms with Crippen molar-refractivity contribution < 1.29 is 9.59 Å². The highest BCUT2D eigenvalue weighted by molar-refractivity contribution is 9.10. The summed E-state index contributed by atoms with van der Waals surface area (Å²) in [7, 11) is 0. The predicted octanol–water partition coefficient (Wildman–Crippen LogP) is 4.12. The molecule has 0 N–H and O–H groups in total. The molecular formula is C17H22BrNO2. The van der Waals surface area contributed by atoms with Crippen LogP contribution >= 0.6 is 15.9 Å². The minimum Gasteiger partial charge on any atom is -0.335 e. The van der Waals surface area contributed by atoms with Gasteiger partial charge in [-0.3, -0.25) is 9.59 Å². The van der Waals surface area contributed by atoms with Gasteiger partial charge in [0, 0.05) is 23.5 Å². The Morgan fingerprint density at radius 2 is 2.05 bits per heavy atom. The van der Waals surface area contributed by atoms with Crippen LogP contribution in [-0.4, -0.2) is 29.2 Å². The first-order chi connectivity index (χ1) is 10.0. The van der Waals surface area contributed by atoms with E-state index in [0.29, 0.717) is 12.0 Å². The molecule has 1 saturated heterocycles. The average Bonchev–Trinajstić information content (AvgIpc) is 2.66. The fourth-order valence-corrected chi connectivity index (χ4v) is 3.39. The van der Waals surface area contributed by atoms with Crippen LogP contribution in [-0.2, 0) is 4.79 Å². The van der Waals surface area contributed by atoms with Gasteiger partial charge in [-0.05, 0) is 54.2 Å². The third kappa shape index (κ3) is 3.94. The smallest absolute Gasteiger partial charge is 0.255 e. The van der Waals surface area contributed by atoms with Crippen LogP contribution in [0.5, 0.6) is 0 Å². The van der Waals surface area contributed by atoms with Crippen molar-refractivity contribution in [2.75, 3.05) is 6.54 Å². The van der Waals surface area contributed by atoms with Crippen LogP contribution in [0.25, 0.3) is 0 Å². The Kier molecular flexibility index (Phi) is 5.57. The van der Waals surface area contributed by atoms with Gasteiger partial charge in [0.15, 0.2) is 0 Å².